The van der Waals surface area contributed by atoms with E-state index in [0.717, 1.165) is 5.56 Å². The smallest absolute Gasteiger partial charge is 0.341 e. The predicted molar refractivity (Wildman–Crippen MR) is 59.4 cm³/mol. The summed E-state index contributed by atoms with van der Waals surface area (Å²) in [5, 5.41) is 18.5. The number of nitrogens with zero attached hydrogens (tertiary/aromatic N) is 2. The number of aliphatic carboxylic acids is 1. The number of carboxylic acid groups (broad SMARTS) is 1. The van der Waals surface area contributed by atoms with Crippen molar-refractivity contribution in [3.63, 3.8) is 0 Å². The molecule has 0 unspecified atom stereocenters. The molecule has 1 heterocycles. The molecule has 0 aliphatic heterocycles. The number of ether oxygens (including phenoxy) is 1. The zero-order chi connectivity index (χ0) is 12.3. The maximum Gasteiger partial charge on any atom is 0.341 e. The molecule has 17 heavy (non-hydrogen) atoms. The van der Waals surface area contributed by atoms with Gasteiger partial charge in [-0.15, -0.1) is 5.10 Å². The van der Waals surface area contributed by atoms with Gasteiger partial charge in [-0.2, -0.15) is 10.3 Å². The molecule has 0 aliphatic carbocycles. The fourth-order valence-electron chi connectivity index (χ4n) is 1.31. The fourth-order valence-corrected chi connectivity index (χ4v) is 1.31. The van der Waals surface area contributed by atoms with Crippen molar-refractivity contribution >= 4 is 11.8 Å². The number of anilines is 1. The second-order valence-corrected chi connectivity index (χ2v) is 3.26. The number of nitrogens with one attached hydrogen (secondary N) is 1. The number of nitrogens with two attached hydrogens (primary N) is 1. The third kappa shape index (κ3) is 2.51. The SMILES string of the molecule is Nc1n[nH]nc1-c1ccc(OCC(=O)O)cc1. The Bertz CT molecular complexity index is 521. The van der Waals surface area contributed by atoms with E-state index in [9.17, 15) is 4.79 Å². The molecule has 0 amide bonds. The van der Waals surface area contributed by atoms with Crippen LogP contribution in [-0.2, 0) is 4.79 Å². The lowest BCUT2D eigenvalue weighted by Gasteiger charge is -2.03. The normalized spacial score (nSPS) is 10.1. The number of hydrogen-bond donors (Lipinski definition) is 3. The molecule has 0 radical (unpaired) electrons. The van der Waals surface area contributed by atoms with Crippen molar-refractivity contribution < 1.29 is 14.6 Å². The first kappa shape index (κ1) is 10.9. The minimum atomic E-state index is -1.02. The first-order valence-electron chi connectivity index (χ1n) is 4.78. The second-order valence-electron chi connectivity index (χ2n) is 3.26. The predicted octanol–water partition coefficient (Wildman–Crippen LogP) is 0.517. The van der Waals surface area contributed by atoms with Crippen molar-refractivity contribution in [3.8, 4) is 17.0 Å². The molecule has 1 aromatic heterocycles. The van der Waals surface area contributed by atoms with Crippen LogP contribution in [0.15, 0.2) is 24.3 Å². The molecule has 0 spiro atoms. The van der Waals surface area contributed by atoms with Crippen LogP contribution in [0.5, 0.6) is 5.75 Å². The van der Waals surface area contributed by atoms with E-state index in [1.54, 1.807) is 24.3 Å². The zero-order valence-electron chi connectivity index (χ0n) is 8.75. The number of aromatic amines is 1. The van der Waals surface area contributed by atoms with Crippen molar-refractivity contribution in [1.29, 1.82) is 0 Å². The highest BCUT2D eigenvalue weighted by Crippen LogP contribution is 2.23. The van der Waals surface area contributed by atoms with Gasteiger partial charge in [0.05, 0.1) is 0 Å². The number of benzene rings is 1. The summed E-state index contributed by atoms with van der Waals surface area (Å²) in [4.78, 5) is 10.3. The number of H-pyrrole nitrogens is 1. The largest absolute Gasteiger partial charge is 0.482 e. The molecule has 4 N–H and O–H groups in total. The molecule has 7 heteroatoms. The van der Waals surface area contributed by atoms with Crippen LogP contribution in [0.4, 0.5) is 5.82 Å². The van der Waals surface area contributed by atoms with Gasteiger partial charge >= 0.3 is 5.97 Å². The fraction of sp³-hybridized carbons (Fsp3) is 0.100. The lowest BCUT2D eigenvalue weighted by atomic mass is 10.1. The first-order chi connectivity index (χ1) is 8.16. The van der Waals surface area contributed by atoms with E-state index in [0.29, 0.717) is 17.3 Å². The van der Waals surface area contributed by atoms with Gasteiger partial charge < -0.3 is 15.6 Å². The van der Waals surface area contributed by atoms with Crippen molar-refractivity contribution in [2.24, 2.45) is 0 Å². The van der Waals surface area contributed by atoms with Crippen molar-refractivity contribution in [2.45, 2.75) is 0 Å². The van der Waals surface area contributed by atoms with Gasteiger partial charge in [-0.3, -0.25) is 0 Å². The molecule has 7 nitrogen and oxygen atoms in total. The van der Waals surface area contributed by atoms with E-state index in [2.05, 4.69) is 15.4 Å². The minimum Gasteiger partial charge on any atom is -0.482 e. The Morgan fingerprint density at radius 2 is 2.06 bits per heavy atom. The standard InChI is InChI=1S/C10H10N4O3/c11-10-9(12-14-13-10)6-1-3-7(4-2-6)17-5-8(15)16/h1-4H,5H2,(H,15,16)(H3,11,12,13,14). The summed E-state index contributed by atoms with van der Waals surface area (Å²) in [5.74, 6) is -0.239. The lowest BCUT2D eigenvalue weighted by Crippen LogP contribution is -2.09. The number of hydrogen-bond acceptors (Lipinski definition) is 5. The van der Waals surface area contributed by atoms with Crippen LogP contribution in [0.2, 0.25) is 0 Å². The van der Waals surface area contributed by atoms with E-state index in [1.807, 2.05) is 0 Å². The maximum atomic E-state index is 10.3. The van der Waals surface area contributed by atoms with Crippen LogP contribution >= 0.6 is 0 Å². The molecule has 0 fully saturated rings. The summed E-state index contributed by atoms with van der Waals surface area (Å²) in [6.07, 6.45) is 0. The molecule has 88 valence electrons. The lowest BCUT2D eigenvalue weighted by molar-refractivity contribution is -0.139. The van der Waals surface area contributed by atoms with Crippen LogP contribution in [0.1, 0.15) is 0 Å². The van der Waals surface area contributed by atoms with Gasteiger partial charge in [0, 0.05) is 5.56 Å². The van der Waals surface area contributed by atoms with Gasteiger partial charge in [-0.05, 0) is 24.3 Å². The molecule has 0 saturated carbocycles. The van der Waals surface area contributed by atoms with E-state index >= 15 is 0 Å². The molecular weight excluding hydrogens is 224 g/mol. The van der Waals surface area contributed by atoms with Crippen LogP contribution in [0.3, 0.4) is 0 Å². The van der Waals surface area contributed by atoms with Crippen molar-refractivity contribution in [2.75, 3.05) is 12.3 Å². The number of carbonyl (C=O) groups is 1. The van der Waals surface area contributed by atoms with E-state index in [4.69, 9.17) is 15.6 Å². The topological polar surface area (TPSA) is 114 Å². The maximum absolute atomic E-state index is 10.3. The van der Waals surface area contributed by atoms with Crippen LogP contribution in [-0.4, -0.2) is 33.1 Å². The molecule has 1 aromatic carbocycles. The van der Waals surface area contributed by atoms with Gasteiger partial charge in [0.1, 0.15) is 11.4 Å². The molecule has 0 atom stereocenters. The molecule has 0 aliphatic rings. The van der Waals surface area contributed by atoms with E-state index in [1.165, 1.54) is 0 Å². The highest BCUT2D eigenvalue weighted by Gasteiger charge is 2.07. The number of nitrogen functional groups attached to an aromatic ring is 1. The van der Waals surface area contributed by atoms with E-state index in [-0.39, 0.29) is 6.61 Å². The summed E-state index contributed by atoms with van der Waals surface area (Å²) < 4.78 is 5.00. The number of aromatic nitrogens is 3. The summed E-state index contributed by atoms with van der Waals surface area (Å²) in [6, 6.07) is 6.75. The summed E-state index contributed by atoms with van der Waals surface area (Å²) in [5.41, 5.74) is 6.92. The van der Waals surface area contributed by atoms with Crippen LogP contribution in [0.25, 0.3) is 11.3 Å². The quantitative estimate of drug-likeness (QED) is 0.710. The third-order valence-corrected chi connectivity index (χ3v) is 2.06. The Morgan fingerprint density at radius 3 is 2.59 bits per heavy atom. The van der Waals surface area contributed by atoms with Gasteiger partial charge in [0.15, 0.2) is 12.4 Å². The number of carboxylic acids is 1. The third-order valence-electron chi connectivity index (χ3n) is 2.06. The van der Waals surface area contributed by atoms with Gasteiger partial charge in [0.2, 0.25) is 0 Å². The number of rotatable bonds is 4. The van der Waals surface area contributed by atoms with Crippen molar-refractivity contribution in [3.05, 3.63) is 24.3 Å². The van der Waals surface area contributed by atoms with Crippen LogP contribution < -0.4 is 10.5 Å². The first-order valence-corrected chi connectivity index (χ1v) is 4.78. The Kier molecular flexibility index (Phi) is 2.91. The van der Waals surface area contributed by atoms with Crippen LogP contribution in [0, 0.1) is 0 Å². The molecule has 2 rings (SSSR count). The van der Waals surface area contributed by atoms with Gasteiger partial charge in [0.25, 0.3) is 0 Å². The second kappa shape index (κ2) is 4.52. The Labute approximate surface area is 96.2 Å². The molecule has 2 aromatic rings. The van der Waals surface area contributed by atoms with E-state index < -0.39 is 5.97 Å². The van der Waals surface area contributed by atoms with Gasteiger partial charge in [-0.1, -0.05) is 0 Å². The average Bonchev–Trinajstić information content (AvgIpc) is 2.73. The Hall–Kier alpha value is -2.57. The zero-order valence-corrected chi connectivity index (χ0v) is 8.75. The summed E-state index contributed by atoms with van der Waals surface area (Å²) in [7, 11) is 0. The molecule has 0 bridgehead atoms. The Balaban J connectivity index is 2.13. The Morgan fingerprint density at radius 1 is 1.35 bits per heavy atom. The minimum absolute atomic E-state index is 0.309. The summed E-state index contributed by atoms with van der Waals surface area (Å²) >= 11 is 0. The highest BCUT2D eigenvalue weighted by molar-refractivity contribution is 5.70. The molecular formula is C10H10N4O3. The summed E-state index contributed by atoms with van der Waals surface area (Å²) in [6.45, 7) is -0.370. The van der Waals surface area contributed by atoms with Gasteiger partial charge in [-0.25, -0.2) is 4.79 Å². The van der Waals surface area contributed by atoms with Crippen molar-refractivity contribution in [1.82, 2.24) is 15.4 Å². The monoisotopic (exact) mass is 234 g/mol. The highest BCUT2D eigenvalue weighted by atomic mass is 16.5. The average molecular weight is 234 g/mol. The molecule has 0 saturated heterocycles.